The monoisotopic (exact) mass is 295 g/mol. The maximum atomic E-state index is 12.1. The van der Waals surface area contributed by atoms with Crippen molar-refractivity contribution in [3.05, 3.63) is 0 Å². The smallest absolute Gasteiger partial charge is 0.239 e. The van der Waals surface area contributed by atoms with Gasteiger partial charge in [-0.3, -0.25) is 9.69 Å². The van der Waals surface area contributed by atoms with Crippen LogP contribution < -0.4 is 5.32 Å². The quantitative estimate of drug-likeness (QED) is 0.822. The van der Waals surface area contributed by atoms with Crippen molar-refractivity contribution in [1.29, 1.82) is 0 Å². The summed E-state index contributed by atoms with van der Waals surface area (Å²) in [5, 5.41) is 3.30. The number of nitrogens with zero attached hydrogens (tertiary/aromatic N) is 2. The molecular weight excluding hydrogens is 273 g/mol. The van der Waals surface area contributed by atoms with Crippen molar-refractivity contribution < 1.29 is 4.79 Å². The average Bonchev–Trinajstić information content (AvgIpc) is 3.04. The fourth-order valence-electron chi connectivity index (χ4n) is 2.86. The Labute approximate surface area is 121 Å². The Kier molecular flexibility index (Phi) is 6.18. The van der Waals surface area contributed by atoms with Gasteiger partial charge in [-0.1, -0.05) is 0 Å². The molecule has 3 fully saturated rings. The molecular formula is C12H23Cl2N3O. The molecule has 2 aliphatic heterocycles. The summed E-state index contributed by atoms with van der Waals surface area (Å²) in [5.74, 6) is 0.341. The fourth-order valence-corrected chi connectivity index (χ4v) is 2.86. The molecule has 0 unspecified atom stereocenters. The van der Waals surface area contributed by atoms with Crippen LogP contribution in [0.5, 0.6) is 0 Å². The minimum absolute atomic E-state index is 0. The predicted molar refractivity (Wildman–Crippen MR) is 76.7 cm³/mol. The SMILES string of the molecule is Cl.Cl.O=C([C@@H]1CCCN1)N1CCN(C2CC2)CC1. The van der Waals surface area contributed by atoms with Gasteiger partial charge >= 0.3 is 0 Å². The first-order chi connectivity index (χ1) is 7.84. The normalized spacial score (nSPS) is 28.4. The molecule has 18 heavy (non-hydrogen) atoms. The zero-order valence-electron chi connectivity index (χ0n) is 10.6. The van der Waals surface area contributed by atoms with Crippen molar-refractivity contribution in [3.63, 3.8) is 0 Å². The van der Waals surface area contributed by atoms with Crippen LogP contribution in [-0.2, 0) is 4.79 Å². The van der Waals surface area contributed by atoms with E-state index < -0.39 is 0 Å². The van der Waals surface area contributed by atoms with E-state index in [1.54, 1.807) is 0 Å². The lowest BCUT2D eigenvalue weighted by Gasteiger charge is -2.36. The maximum Gasteiger partial charge on any atom is 0.239 e. The lowest BCUT2D eigenvalue weighted by Crippen LogP contribution is -2.53. The number of piperazine rings is 1. The molecule has 2 saturated heterocycles. The Hall–Kier alpha value is -0.0300. The molecule has 1 N–H and O–H groups in total. The highest BCUT2D eigenvalue weighted by atomic mass is 35.5. The van der Waals surface area contributed by atoms with Crippen LogP contribution in [-0.4, -0.2) is 60.5 Å². The van der Waals surface area contributed by atoms with Gasteiger partial charge in [0.25, 0.3) is 0 Å². The van der Waals surface area contributed by atoms with E-state index in [4.69, 9.17) is 0 Å². The van der Waals surface area contributed by atoms with Gasteiger partial charge in [-0.05, 0) is 32.2 Å². The van der Waals surface area contributed by atoms with Crippen molar-refractivity contribution in [3.8, 4) is 0 Å². The summed E-state index contributed by atoms with van der Waals surface area (Å²) >= 11 is 0. The van der Waals surface area contributed by atoms with Crippen LogP contribution in [0, 0.1) is 0 Å². The maximum absolute atomic E-state index is 12.1. The molecule has 1 atom stereocenters. The zero-order chi connectivity index (χ0) is 11.0. The van der Waals surface area contributed by atoms with E-state index in [0.717, 1.165) is 51.6 Å². The van der Waals surface area contributed by atoms with Crippen LogP contribution in [0.4, 0.5) is 0 Å². The Bertz CT molecular complexity index is 272. The molecule has 0 aromatic carbocycles. The number of hydrogen-bond acceptors (Lipinski definition) is 3. The van der Waals surface area contributed by atoms with E-state index in [9.17, 15) is 4.79 Å². The van der Waals surface area contributed by atoms with E-state index in [2.05, 4.69) is 15.1 Å². The van der Waals surface area contributed by atoms with Gasteiger partial charge in [0, 0.05) is 32.2 Å². The molecule has 106 valence electrons. The summed E-state index contributed by atoms with van der Waals surface area (Å²) in [4.78, 5) is 16.7. The van der Waals surface area contributed by atoms with E-state index >= 15 is 0 Å². The first kappa shape index (κ1) is 16.0. The van der Waals surface area contributed by atoms with Crippen molar-refractivity contribution in [1.82, 2.24) is 15.1 Å². The van der Waals surface area contributed by atoms with E-state index in [-0.39, 0.29) is 30.9 Å². The molecule has 1 saturated carbocycles. The highest BCUT2D eigenvalue weighted by Gasteiger charge is 2.34. The summed E-state index contributed by atoms with van der Waals surface area (Å²) in [6, 6.07) is 0.967. The lowest BCUT2D eigenvalue weighted by molar-refractivity contribution is -0.134. The standard InChI is InChI=1S/C12H21N3O.2ClH/c16-12(11-2-1-5-13-11)15-8-6-14(7-9-15)10-3-4-10;;/h10-11,13H,1-9H2;2*1H/t11-;;/m0../s1. The number of carbonyl (C=O) groups excluding carboxylic acids is 1. The van der Waals surface area contributed by atoms with Gasteiger partial charge in [0.1, 0.15) is 0 Å². The van der Waals surface area contributed by atoms with Gasteiger partial charge in [0.2, 0.25) is 5.91 Å². The molecule has 4 nitrogen and oxygen atoms in total. The Morgan fingerprint density at radius 3 is 2.17 bits per heavy atom. The summed E-state index contributed by atoms with van der Waals surface area (Å²) in [5.41, 5.74) is 0. The molecule has 0 spiro atoms. The van der Waals surface area contributed by atoms with Crippen LogP contribution >= 0.6 is 24.8 Å². The van der Waals surface area contributed by atoms with Gasteiger partial charge < -0.3 is 10.2 Å². The number of carbonyl (C=O) groups is 1. The van der Waals surface area contributed by atoms with Crippen LogP contribution in [0.2, 0.25) is 0 Å². The van der Waals surface area contributed by atoms with Gasteiger partial charge in [-0.15, -0.1) is 24.8 Å². The molecule has 3 rings (SSSR count). The molecule has 1 aliphatic carbocycles. The lowest BCUT2D eigenvalue weighted by atomic mass is 10.2. The van der Waals surface area contributed by atoms with Crippen molar-refractivity contribution in [2.24, 2.45) is 0 Å². The van der Waals surface area contributed by atoms with E-state index in [1.807, 2.05) is 0 Å². The minimum atomic E-state index is 0. The van der Waals surface area contributed by atoms with Crippen LogP contribution in [0.25, 0.3) is 0 Å². The van der Waals surface area contributed by atoms with Gasteiger partial charge in [0.15, 0.2) is 0 Å². The number of nitrogens with one attached hydrogen (secondary N) is 1. The van der Waals surface area contributed by atoms with Crippen LogP contribution in [0.1, 0.15) is 25.7 Å². The molecule has 3 aliphatic rings. The topological polar surface area (TPSA) is 35.6 Å². The third-order valence-electron chi connectivity index (χ3n) is 4.05. The Morgan fingerprint density at radius 2 is 1.67 bits per heavy atom. The van der Waals surface area contributed by atoms with Crippen molar-refractivity contribution >= 4 is 30.7 Å². The van der Waals surface area contributed by atoms with Crippen molar-refractivity contribution in [2.45, 2.75) is 37.8 Å². The number of halogens is 2. The molecule has 0 bridgehead atoms. The first-order valence-electron chi connectivity index (χ1n) is 6.61. The molecule has 0 aromatic heterocycles. The highest BCUT2D eigenvalue weighted by Crippen LogP contribution is 2.27. The highest BCUT2D eigenvalue weighted by molar-refractivity contribution is 5.85. The zero-order valence-corrected chi connectivity index (χ0v) is 12.3. The van der Waals surface area contributed by atoms with Gasteiger partial charge in [-0.25, -0.2) is 0 Å². The number of rotatable bonds is 2. The van der Waals surface area contributed by atoms with Crippen molar-refractivity contribution in [2.75, 3.05) is 32.7 Å². The van der Waals surface area contributed by atoms with Crippen LogP contribution in [0.15, 0.2) is 0 Å². The number of hydrogen-bond donors (Lipinski definition) is 1. The summed E-state index contributed by atoms with van der Waals surface area (Å²) in [7, 11) is 0. The van der Waals surface area contributed by atoms with Gasteiger partial charge in [-0.2, -0.15) is 0 Å². The van der Waals surface area contributed by atoms with Gasteiger partial charge in [0.05, 0.1) is 6.04 Å². The third kappa shape index (κ3) is 3.50. The second-order valence-electron chi connectivity index (χ2n) is 5.24. The summed E-state index contributed by atoms with van der Waals surface area (Å²) in [6.07, 6.45) is 4.93. The molecule has 2 heterocycles. The second-order valence-corrected chi connectivity index (χ2v) is 5.24. The molecule has 6 heteroatoms. The summed E-state index contributed by atoms with van der Waals surface area (Å²) in [6.45, 7) is 5.06. The minimum Gasteiger partial charge on any atom is -0.339 e. The fraction of sp³-hybridized carbons (Fsp3) is 0.917. The largest absolute Gasteiger partial charge is 0.339 e. The number of amides is 1. The van der Waals surface area contributed by atoms with Crippen LogP contribution in [0.3, 0.4) is 0 Å². The Balaban J connectivity index is 0.000000810. The average molecular weight is 296 g/mol. The third-order valence-corrected chi connectivity index (χ3v) is 4.05. The Morgan fingerprint density at radius 1 is 1.00 bits per heavy atom. The first-order valence-corrected chi connectivity index (χ1v) is 6.61. The van der Waals surface area contributed by atoms with E-state index in [1.165, 1.54) is 12.8 Å². The molecule has 0 radical (unpaired) electrons. The molecule has 1 amide bonds. The second kappa shape index (κ2) is 6.94. The summed E-state index contributed by atoms with van der Waals surface area (Å²) < 4.78 is 0. The predicted octanol–water partition coefficient (Wildman–Crippen LogP) is 0.889. The molecule has 0 aromatic rings. The van der Waals surface area contributed by atoms with E-state index in [0.29, 0.717) is 5.91 Å².